The van der Waals surface area contributed by atoms with Crippen LogP contribution >= 0.6 is 0 Å². The maximum absolute atomic E-state index is 12.9. The fourth-order valence-electron chi connectivity index (χ4n) is 1.16. The number of aryl methyl sites for hydroxylation is 1. The molecular weight excluding hydrogens is 169 g/mol. The van der Waals surface area contributed by atoms with Crippen molar-refractivity contribution in [1.29, 1.82) is 0 Å². The van der Waals surface area contributed by atoms with Crippen LogP contribution in [0.3, 0.4) is 0 Å². The number of nitrogens with zero attached hydrogens (tertiary/aromatic N) is 1. The molecule has 0 amide bonds. The number of benzene rings is 1. The van der Waals surface area contributed by atoms with Crippen LogP contribution in [0.25, 0.3) is 11.3 Å². The van der Waals surface area contributed by atoms with Crippen molar-refractivity contribution in [3.05, 3.63) is 41.8 Å². The summed E-state index contributed by atoms with van der Waals surface area (Å²) in [4.78, 5) is 0. The largest absolute Gasteiger partial charge is 0.356 e. The van der Waals surface area contributed by atoms with E-state index < -0.39 is 0 Å². The van der Waals surface area contributed by atoms with Crippen molar-refractivity contribution >= 4 is 0 Å². The lowest BCUT2D eigenvalue weighted by atomic mass is 10.1. The Morgan fingerprint density at radius 2 is 2.15 bits per heavy atom. The van der Waals surface area contributed by atoms with Gasteiger partial charge in [-0.2, -0.15) is 0 Å². The van der Waals surface area contributed by atoms with E-state index in [1.807, 2.05) is 0 Å². The van der Waals surface area contributed by atoms with E-state index >= 15 is 0 Å². The Morgan fingerprint density at radius 3 is 2.77 bits per heavy atom. The summed E-state index contributed by atoms with van der Waals surface area (Å²) in [6.07, 6.45) is 1.56. The zero-order chi connectivity index (χ0) is 9.26. The molecule has 0 N–H and O–H groups in total. The Balaban J connectivity index is 2.49. The van der Waals surface area contributed by atoms with Gasteiger partial charge in [0.1, 0.15) is 5.82 Å². The predicted molar refractivity (Wildman–Crippen MR) is 46.6 cm³/mol. The van der Waals surface area contributed by atoms with E-state index in [2.05, 4.69) is 5.16 Å². The zero-order valence-corrected chi connectivity index (χ0v) is 7.12. The van der Waals surface area contributed by atoms with Gasteiger partial charge in [0, 0.05) is 11.6 Å². The molecule has 66 valence electrons. The SMILES string of the molecule is Cc1cc(-c2ccno2)ccc1F. The van der Waals surface area contributed by atoms with Crippen molar-refractivity contribution in [2.45, 2.75) is 6.92 Å². The molecule has 2 aromatic rings. The minimum atomic E-state index is -0.205. The average Bonchev–Trinajstić information content (AvgIpc) is 2.62. The number of hydrogen-bond acceptors (Lipinski definition) is 2. The molecule has 3 heteroatoms. The van der Waals surface area contributed by atoms with Gasteiger partial charge in [0.05, 0.1) is 6.20 Å². The maximum Gasteiger partial charge on any atom is 0.166 e. The molecule has 0 aliphatic rings. The summed E-state index contributed by atoms with van der Waals surface area (Å²) in [5, 5.41) is 3.58. The van der Waals surface area contributed by atoms with Gasteiger partial charge in [-0.3, -0.25) is 0 Å². The van der Waals surface area contributed by atoms with Gasteiger partial charge in [0.15, 0.2) is 5.76 Å². The second-order valence-electron chi connectivity index (χ2n) is 2.84. The monoisotopic (exact) mass is 177 g/mol. The molecule has 2 nitrogen and oxygen atoms in total. The molecule has 0 saturated heterocycles. The van der Waals surface area contributed by atoms with Crippen LogP contribution in [-0.2, 0) is 0 Å². The summed E-state index contributed by atoms with van der Waals surface area (Å²) in [6.45, 7) is 1.72. The number of aromatic nitrogens is 1. The van der Waals surface area contributed by atoms with Crippen LogP contribution in [0.1, 0.15) is 5.56 Å². The topological polar surface area (TPSA) is 26.0 Å². The minimum Gasteiger partial charge on any atom is -0.356 e. The summed E-state index contributed by atoms with van der Waals surface area (Å²) >= 11 is 0. The maximum atomic E-state index is 12.9. The third kappa shape index (κ3) is 1.45. The van der Waals surface area contributed by atoms with Crippen LogP contribution in [-0.4, -0.2) is 5.16 Å². The summed E-state index contributed by atoms with van der Waals surface area (Å²) in [7, 11) is 0. The molecule has 0 unspecified atom stereocenters. The fourth-order valence-corrected chi connectivity index (χ4v) is 1.16. The van der Waals surface area contributed by atoms with Crippen molar-refractivity contribution in [3.8, 4) is 11.3 Å². The van der Waals surface area contributed by atoms with Gasteiger partial charge < -0.3 is 4.52 Å². The first kappa shape index (κ1) is 7.98. The molecule has 1 heterocycles. The van der Waals surface area contributed by atoms with E-state index in [0.29, 0.717) is 11.3 Å². The second kappa shape index (κ2) is 3.01. The Bertz CT molecular complexity index is 409. The Labute approximate surface area is 75.0 Å². The Kier molecular flexibility index (Phi) is 1.85. The molecule has 0 radical (unpaired) electrons. The lowest BCUT2D eigenvalue weighted by molar-refractivity contribution is 0.432. The highest BCUT2D eigenvalue weighted by Gasteiger charge is 2.03. The molecule has 0 aliphatic carbocycles. The third-order valence-electron chi connectivity index (χ3n) is 1.88. The van der Waals surface area contributed by atoms with Crippen LogP contribution in [0.2, 0.25) is 0 Å². The Hall–Kier alpha value is -1.64. The number of halogens is 1. The summed E-state index contributed by atoms with van der Waals surface area (Å²) in [5.74, 6) is 0.450. The normalized spacial score (nSPS) is 10.3. The minimum absolute atomic E-state index is 0.205. The molecule has 1 aromatic carbocycles. The molecule has 0 bridgehead atoms. The molecule has 0 fully saturated rings. The number of rotatable bonds is 1. The van der Waals surface area contributed by atoms with Crippen molar-refractivity contribution < 1.29 is 8.91 Å². The highest BCUT2D eigenvalue weighted by molar-refractivity contribution is 5.57. The van der Waals surface area contributed by atoms with E-state index in [1.54, 1.807) is 31.3 Å². The zero-order valence-electron chi connectivity index (χ0n) is 7.12. The predicted octanol–water partition coefficient (Wildman–Crippen LogP) is 2.79. The van der Waals surface area contributed by atoms with Crippen molar-refractivity contribution in [2.75, 3.05) is 0 Å². The van der Waals surface area contributed by atoms with Crippen molar-refractivity contribution in [1.82, 2.24) is 5.16 Å². The Morgan fingerprint density at radius 1 is 1.31 bits per heavy atom. The number of hydrogen-bond donors (Lipinski definition) is 0. The highest BCUT2D eigenvalue weighted by Crippen LogP contribution is 2.20. The molecular formula is C10H8FNO. The average molecular weight is 177 g/mol. The molecule has 0 spiro atoms. The van der Waals surface area contributed by atoms with Gasteiger partial charge in [-0.25, -0.2) is 4.39 Å². The highest BCUT2D eigenvalue weighted by atomic mass is 19.1. The van der Waals surface area contributed by atoms with Gasteiger partial charge in [0.25, 0.3) is 0 Å². The van der Waals surface area contributed by atoms with Crippen molar-refractivity contribution in [2.24, 2.45) is 0 Å². The summed E-state index contributed by atoms with van der Waals surface area (Å²) in [5.41, 5.74) is 1.45. The van der Waals surface area contributed by atoms with E-state index in [4.69, 9.17) is 4.52 Å². The summed E-state index contributed by atoms with van der Waals surface area (Å²) in [6, 6.07) is 6.57. The first-order valence-electron chi connectivity index (χ1n) is 3.94. The van der Waals surface area contributed by atoms with Crippen LogP contribution in [0.4, 0.5) is 4.39 Å². The third-order valence-corrected chi connectivity index (χ3v) is 1.88. The van der Waals surface area contributed by atoms with Gasteiger partial charge >= 0.3 is 0 Å². The fraction of sp³-hybridized carbons (Fsp3) is 0.100. The van der Waals surface area contributed by atoms with Gasteiger partial charge in [-0.1, -0.05) is 5.16 Å². The molecule has 0 atom stereocenters. The first-order chi connectivity index (χ1) is 6.27. The smallest absolute Gasteiger partial charge is 0.166 e. The molecule has 2 rings (SSSR count). The summed E-state index contributed by atoms with van der Waals surface area (Å²) < 4.78 is 17.8. The molecule has 0 aliphatic heterocycles. The van der Waals surface area contributed by atoms with E-state index in [1.165, 1.54) is 6.07 Å². The van der Waals surface area contributed by atoms with Gasteiger partial charge in [-0.05, 0) is 30.7 Å². The van der Waals surface area contributed by atoms with E-state index in [-0.39, 0.29) is 5.82 Å². The standard InChI is InChI=1S/C10H8FNO/c1-7-6-8(2-3-9(7)11)10-4-5-12-13-10/h2-6H,1H3. The van der Waals surface area contributed by atoms with E-state index in [0.717, 1.165) is 5.56 Å². The molecule has 1 aromatic heterocycles. The first-order valence-corrected chi connectivity index (χ1v) is 3.94. The van der Waals surface area contributed by atoms with Crippen LogP contribution in [0.15, 0.2) is 35.0 Å². The van der Waals surface area contributed by atoms with E-state index in [9.17, 15) is 4.39 Å². The van der Waals surface area contributed by atoms with Crippen molar-refractivity contribution in [3.63, 3.8) is 0 Å². The van der Waals surface area contributed by atoms with Crippen LogP contribution < -0.4 is 0 Å². The molecule has 13 heavy (non-hydrogen) atoms. The lowest BCUT2D eigenvalue weighted by Gasteiger charge is -1.98. The van der Waals surface area contributed by atoms with Gasteiger partial charge in [0.2, 0.25) is 0 Å². The van der Waals surface area contributed by atoms with Gasteiger partial charge in [-0.15, -0.1) is 0 Å². The molecule has 0 saturated carbocycles. The lowest BCUT2D eigenvalue weighted by Crippen LogP contribution is -1.82. The van der Waals surface area contributed by atoms with Crippen LogP contribution in [0, 0.1) is 12.7 Å². The second-order valence-corrected chi connectivity index (χ2v) is 2.84. The quantitative estimate of drug-likeness (QED) is 0.669. The van der Waals surface area contributed by atoms with Crippen LogP contribution in [0.5, 0.6) is 0 Å².